The summed E-state index contributed by atoms with van der Waals surface area (Å²) in [6.07, 6.45) is 3.32. The minimum absolute atomic E-state index is 0.00396. The number of aromatic nitrogens is 2. The summed E-state index contributed by atoms with van der Waals surface area (Å²) in [5.41, 5.74) is 1.51. The molecule has 0 aliphatic rings. The maximum Gasteiger partial charge on any atom is 0.233 e. The van der Waals surface area contributed by atoms with Crippen molar-refractivity contribution < 1.29 is 9.59 Å². The van der Waals surface area contributed by atoms with E-state index in [-0.39, 0.29) is 18.2 Å². The zero-order chi connectivity index (χ0) is 16.5. The Bertz CT molecular complexity index is 637. The van der Waals surface area contributed by atoms with Crippen molar-refractivity contribution in [2.45, 2.75) is 24.8 Å². The largest absolute Gasteiger partial charge is 0.350 e. The molecule has 0 bridgehead atoms. The SMILES string of the molecule is O=C(CC(S)C(=O)NCc1ccccn1)NCc1ccccn1. The Morgan fingerprint density at radius 2 is 1.52 bits per heavy atom. The van der Waals surface area contributed by atoms with Gasteiger partial charge in [0.1, 0.15) is 0 Å². The van der Waals surface area contributed by atoms with Crippen LogP contribution in [-0.2, 0) is 22.7 Å². The molecule has 0 saturated heterocycles. The molecule has 0 saturated carbocycles. The van der Waals surface area contributed by atoms with Gasteiger partial charge in [0.2, 0.25) is 11.8 Å². The molecule has 7 heteroatoms. The van der Waals surface area contributed by atoms with Gasteiger partial charge in [-0.3, -0.25) is 19.6 Å². The van der Waals surface area contributed by atoms with Crippen LogP contribution in [0.1, 0.15) is 17.8 Å². The Balaban J connectivity index is 1.71. The molecule has 0 radical (unpaired) electrons. The Kier molecular flexibility index (Phi) is 6.56. The maximum atomic E-state index is 11.9. The summed E-state index contributed by atoms with van der Waals surface area (Å²) in [6.45, 7) is 0.641. The van der Waals surface area contributed by atoms with E-state index < -0.39 is 5.25 Å². The first-order chi connectivity index (χ1) is 11.1. The van der Waals surface area contributed by atoms with Gasteiger partial charge >= 0.3 is 0 Å². The minimum atomic E-state index is -0.706. The van der Waals surface area contributed by atoms with Gasteiger partial charge in [0, 0.05) is 18.8 Å². The lowest BCUT2D eigenvalue weighted by molar-refractivity contribution is -0.126. The molecular weight excluding hydrogens is 312 g/mol. The summed E-state index contributed by atoms with van der Waals surface area (Å²) in [7, 11) is 0. The van der Waals surface area contributed by atoms with Crippen molar-refractivity contribution in [1.82, 2.24) is 20.6 Å². The van der Waals surface area contributed by atoms with E-state index in [1.165, 1.54) is 0 Å². The van der Waals surface area contributed by atoms with Gasteiger partial charge in [-0.25, -0.2) is 0 Å². The van der Waals surface area contributed by atoms with Crippen LogP contribution in [0.15, 0.2) is 48.8 Å². The molecule has 2 heterocycles. The summed E-state index contributed by atoms with van der Waals surface area (Å²) in [5, 5.41) is 4.72. The van der Waals surface area contributed by atoms with E-state index in [0.29, 0.717) is 13.1 Å². The number of carbonyl (C=O) groups is 2. The molecule has 2 aromatic heterocycles. The summed E-state index contributed by atoms with van der Waals surface area (Å²) < 4.78 is 0. The minimum Gasteiger partial charge on any atom is -0.350 e. The van der Waals surface area contributed by atoms with Gasteiger partial charge in [-0.05, 0) is 24.3 Å². The third-order valence-electron chi connectivity index (χ3n) is 3.04. The van der Waals surface area contributed by atoms with Crippen molar-refractivity contribution in [3.63, 3.8) is 0 Å². The number of nitrogens with zero attached hydrogens (tertiary/aromatic N) is 2. The number of thiol groups is 1. The highest BCUT2D eigenvalue weighted by molar-refractivity contribution is 7.81. The molecule has 2 aromatic rings. The number of hydrogen-bond acceptors (Lipinski definition) is 5. The topological polar surface area (TPSA) is 84.0 Å². The second-order valence-electron chi connectivity index (χ2n) is 4.86. The van der Waals surface area contributed by atoms with E-state index in [0.717, 1.165) is 11.4 Å². The third kappa shape index (κ3) is 6.07. The number of amides is 2. The fraction of sp³-hybridized carbons (Fsp3) is 0.250. The Morgan fingerprint density at radius 3 is 2.04 bits per heavy atom. The monoisotopic (exact) mass is 330 g/mol. The second-order valence-corrected chi connectivity index (χ2v) is 5.48. The lowest BCUT2D eigenvalue weighted by Gasteiger charge is -2.11. The predicted molar refractivity (Wildman–Crippen MR) is 89.6 cm³/mol. The van der Waals surface area contributed by atoms with Crippen molar-refractivity contribution in [3.05, 3.63) is 60.2 Å². The van der Waals surface area contributed by atoms with E-state index in [1.807, 2.05) is 24.3 Å². The maximum absolute atomic E-state index is 11.9. The number of carbonyl (C=O) groups excluding carboxylic acids is 2. The van der Waals surface area contributed by atoms with Gasteiger partial charge in [0.25, 0.3) is 0 Å². The van der Waals surface area contributed by atoms with Crippen LogP contribution in [0.2, 0.25) is 0 Å². The molecule has 0 aliphatic carbocycles. The van der Waals surface area contributed by atoms with Gasteiger partial charge in [0.15, 0.2) is 0 Å². The highest BCUT2D eigenvalue weighted by Crippen LogP contribution is 2.03. The summed E-state index contributed by atoms with van der Waals surface area (Å²) in [6, 6.07) is 10.9. The Hall–Kier alpha value is -2.41. The lowest BCUT2D eigenvalue weighted by Crippen LogP contribution is -2.35. The van der Waals surface area contributed by atoms with Gasteiger partial charge in [0.05, 0.1) is 29.7 Å². The standard InChI is InChI=1S/C16H18N4O2S/c21-15(19-10-12-5-1-3-7-17-12)9-14(23)16(22)20-11-13-6-2-4-8-18-13/h1-8,14,23H,9-11H2,(H,19,21)(H,20,22). The van der Waals surface area contributed by atoms with Crippen molar-refractivity contribution in [2.75, 3.05) is 0 Å². The van der Waals surface area contributed by atoms with E-state index in [2.05, 4.69) is 33.2 Å². The van der Waals surface area contributed by atoms with Crippen LogP contribution in [0.3, 0.4) is 0 Å². The van der Waals surface area contributed by atoms with Crippen LogP contribution < -0.4 is 10.6 Å². The van der Waals surface area contributed by atoms with Crippen molar-refractivity contribution in [1.29, 1.82) is 0 Å². The Morgan fingerprint density at radius 1 is 0.957 bits per heavy atom. The first-order valence-corrected chi connectivity index (χ1v) is 7.69. The van der Waals surface area contributed by atoms with Crippen molar-refractivity contribution >= 4 is 24.4 Å². The number of nitrogens with one attached hydrogen (secondary N) is 2. The zero-order valence-corrected chi connectivity index (χ0v) is 13.4. The summed E-state index contributed by atoms with van der Waals surface area (Å²) in [4.78, 5) is 32.0. The second kappa shape index (κ2) is 8.89. The fourth-order valence-corrected chi connectivity index (χ4v) is 2.09. The van der Waals surface area contributed by atoms with E-state index in [1.54, 1.807) is 24.5 Å². The average molecular weight is 330 g/mol. The molecule has 120 valence electrons. The van der Waals surface area contributed by atoms with Crippen LogP contribution >= 0.6 is 12.6 Å². The molecule has 2 rings (SSSR count). The molecule has 0 spiro atoms. The van der Waals surface area contributed by atoms with E-state index >= 15 is 0 Å². The van der Waals surface area contributed by atoms with Crippen LogP contribution in [0.25, 0.3) is 0 Å². The van der Waals surface area contributed by atoms with Crippen molar-refractivity contribution in [2.24, 2.45) is 0 Å². The molecule has 1 unspecified atom stereocenters. The average Bonchev–Trinajstić information content (AvgIpc) is 2.59. The van der Waals surface area contributed by atoms with E-state index in [4.69, 9.17) is 0 Å². The fourth-order valence-electron chi connectivity index (χ4n) is 1.83. The molecular formula is C16H18N4O2S. The summed E-state index contributed by atoms with van der Waals surface area (Å²) in [5.74, 6) is -0.546. The molecule has 0 aromatic carbocycles. The van der Waals surface area contributed by atoms with Crippen LogP contribution in [0.4, 0.5) is 0 Å². The van der Waals surface area contributed by atoms with Crippen LogP contribution in [-0.4, -0.2) is 27.0 Å². The molecule has 0 fully saturated rings. The highest BCUT2D eigenvalue weighted by atomic mass is 32.1. The lowest BCUT2D eigenvalue weighted by atomic mass is 10.2. The quantitative estimate of drug-likeness (QED) is 0.664. The summed E-state index contributed by atoms with van der Waals surface area (Å²) >= 11 is 4.18. The molecule has 2 amide bonds. The van der Waals surface area contributed by atoms with Gasteiger partial charge in [-0.15, -0.1) is 0 Å². The highest BCUT2D eigenvalue weighted by Gasteiger charge is 2.17. The van der Waals surface area contributed by atoms with Gasteiger partial charge in [-0.1, -0.05) is 12.1 Å². The van der Waals surface area contributed by atoms with Crippen LogP contribution in [0.5, 0.6) is 0 Å². The Labute approximate surface area is 140 Å². The van der Waals surface area contributed by atoms with Gasteiger partial charge in [-0.2, -0.15) is 12.6 Å². The third-order valence-corrected chi connectivity index (χ3v) is 3.46. The molecule has 2 N–H and O–H groups in total. The first-order valence-electron chi connectivity index (χ1n) is 7.17. The first kappa shape index (κ1) is 17.0. The molecule has 1 atom stereocenters. The molecule has 6 nitrogen and oxygen atoms in total. The molecule has 23 heavy (non-hydrogen) atoms. The number of rotatable bonds is 7. The van der Waals surface area contributed by atoms with Crippen LogP contribution in [0, 0.1) is 0 Å². The number of hydrogen-bond donors (Lipinski definition) is 3. The smallest absolute Gasteiger partial charge is 0.233 e. The normalized spacial score (nSPS) is 11.5. The number of pyridine rings is 2. The van der Waals surface area contributed by atoms with Gasteiger partial charge < -0.3 is 10.6 Å². The molecule has 0 aliphatic heterocycles. The van der Waals surface area contributed by atoms with Crippen molar-refractivity contribution in [3.8, 4) is 0 Å². The zero-order valence-electron chi connectivity index (χ0n) is 12.5. The predicted octanol–water partition coefficient (Wildman–Crippen LogP) is 1.10. The van der Waals surface area contributed by atoms with E-state index in [9.17, 15) is 9.59 Å².